The predicted molar refractivity (Wildman–Crippen MR) is 156 cm³/mol. The van der Waals surface area contributed by atoms with Gasteiger partial charge < -0.3 is 19.1 Å². The fraction of sp³-hybridized carbons (Fsp3) is 0.481. The number of aromatic nitrogens is 4. The van der Waals surface area contributed by atoms with Crippen molar-refractivity contribution in [3.8, 4) is 5.88 Å². The molecule has 43 heavy (non-hydrogen) atoms. The number of hydrogen-bond donors (Lipinski definition) is 0. The van der Waals surface area contributed by atoms with Crippen LogP contribution in [0, 0.1) is 5.82 Å². The highest BCUT2D eigenvalue weighted by Crippen LogP contribution is 2.41. The monoisotopic (exact) mass is 638 g/mol. The van der Waals surface area contributed by atoms with E-state index in [-0.39, 0.29) is 36.1 Å². The molecule has 3 aromatic heterocycles. The number of nitrogens with zero attached hydrogens (tertiary/aromatic N) is 6. The molecule has 1 aliphatic rings. The number of imide groups is 1. The van der Waals surface area contributed by atoms with Crippen molar-refractivity contribution in [2.75, 3.05) is 29.2 Å². The number of carbonyl (C=O) groups is 2. The van der Waals surface area contributed by atoms with Crippen molar-refractivity contribution in [2.45, 2.75) is 70.9 Å². The summed E-state index contributed by atoms with van der Waals surface area (Å²) in [6.07, 6.45) is 0.230. The van der Waals surface area contributed by atoms with Crippen LogP contribution in [0.2, 0.25) is 5.15 Å². The fourth-order valence-corrected chi connectivity index (χ4v) is 4.91. The van der Waals surface area contributed by atoms with Gasteiger partial charge >= 0.3 is 12.2 Å². The summed E-state index contributed by atoms with van der Waals surface area (Å²) >= 11 is 5.98. The second-order valence-corrected chi connectivity index (χ2v) is 14.0. The highest BCUT2D eigenvalue weighted by molar-refractivity contribution is 7.90. The number of anilines is 2. The lowest BCUT2D eigenvalue weighted by Gasteiger charge is -2.33. The maximum Gasteiger partial charge on any atom is 0.425 e. The maximum absolute atomic E-state index is 15.2. The Kier molecular flexibility index (Phi) is 8.46. The van der Waals surface area contributed by atoms with Gasteiger partial charge in [0, 0.05) is 18.0 Å². The largest absolute Gasteiger partial charge is 0.475 e. The van der Waals surface area contributed by atoms with E-state index in [2.05, 4.69) is 19.9 Å². The Hall–Kier alpha value is -3.85. The van der Waals surface area contributed by atoms with E-state index in [1.807, 2.05) is 0 Å². The standard InChI is InChI=1S/C27H32ClFN6O7S/c1-14(15-10-9-11-30-20(15)35(24(36)41-26(2,3)4)25(37)42-27(5,6)7)34-12-13-40-22-16-18(17(29)19(28)32-22)31-23(33-21(16)34)43(8,38)39/h9-11,14H,12-13H2,1-8H3. The second-order valence-electron chi connectivity index (χ2n) is 11.8. The number of halogens is 2. The van der Waals surface area contributed by atoms with Crippen molar-refractivity contribution in [1.82, 2.24) is 19.9 Å². The summed E-state index contributed by atoms with van der Waals surface area (Å²) in [7, 11) is -4.01. The third kappa shape index (κ3) is 6.88. The van der Waals surface area contributed by atoms with Crippen LogP contribution in [0.25, 0.3) is 10.9 Å². The van der Waals surface area contributed by atoms with Crippen LogP contribution in [0.3, 0.4) is 0 Å². The third-order valence-corrected chi connectivity index (χ3v) is 7.04. The Morgan fingerprint density at radius 2 is 1.70 bits per heavy atom. The van der Waals surface area contributed by atoms with Crippen molar-refractivity contribution in [2.24, 2.45) is 0 Å². The van der Waals surface area contributed by atoms with Gasteiger partial charge in [-0.05, 0) is 54.5 Å². The van der Waals surface area contributed by atoms with Gasteiger partial charge in [-0.15, -0.1) is 0 Å². The number of amides is 2. The molecule has 0 fully saturated rings. The van der Waals surface area contributed by atoms with Gasteiger partial charge in [0.1, 0.15) is 34.5 Å². The van der Waals surface area contributed by atoms with E-state index < -0.39 is 60.9 Å². The minimum atomic E-state index is -4.01. The Labute approximate surface area is 253 Å². The van der Waals surface area contributed by atoms with Gasteiger partial charge in [0.15, 0.2) is 16.8 Å². The van der Waals surface area contributed by atoms with Crippen molar-refractivity contribution < 1.29 is 36.6 Å². The first-order chi connectivity index (χ1) is 19.8. The molecule has 1 aliphatic heterocycles. The Bertz CT molecular complexity index is 1680. The number of hydrogen-bond acceptors (Lipinski definition) is 12. The zero-order valence-electron chi connectivity index (χ0n) is 24.9. The van der Waals surface area contributed by atoms with E-state index >= 15 is 4.39 Å². The van der Waals surface area contributed by atoms with Crippen LogP contribution in [-0.2, 0) is 19.3 Å². The van der Waals surface area contributed by atoms with Crippen LogP contribution in [0.4, 0.5) is 25.6 Å². The summed E-state index contributed by atoms with van der Waals surface area (Å²) in [5, 5.41) is -1.19. The smallest absolute Gasteiger partial charge is 0.425 e. The minimum absolute atomic E-state index is 0.000214. The molecule has 1 unspecified atom stereocenters. The molecule has 2 amide bonds. The highest BCUT2D eigenvalue weighted by Gasteiger charge is 2.38. The SMILES string of the molecule is CC(c1cccnc1N(C(=O)OC(C)(C)C)C(=O)OC(C)(C)C)N1CCOc2nc(Cl)c(F)c3nc(S(C)(=O)=O)nc1c23. The number of ether oxygens (including phenoxy) is 3. The zero-order valence-corrected chi connectivity index (χ0v) is 26.5. The van der Waals surface area contributed by atoms with E-state index in [4.69, 9.17) is 25.8 Å². The summed E-state index contributed by atoms with van der Waals surface area (Å²) in [5.74, 6) is -1.24. The van der Waals surface area contributed by atoms with Gasteiger partial charge in [0.05, 0.1) is 12.6 Å². The van der Waals surface area contributed by atoms with Gasteiger partial charge in [-0.1, -0.05) is 17.7 Å². The topological polar surface area (TPSA) is 154 Å². The molecule has 0 spiro atoms. The molecule has 3 aromatic rings. The molecule has 0 saturated heterocycles. The van der Waals surface area contributed by atoms with Crippen LogP contribution >= 0.6 is 11.6 Å². The predicted octanol–water partition coefficient (Wildman–Crippen LogP) is 5.25. The fourth-order valence-electron chi connectivity index (χ4n) is 4.23. The molecule has 16 heteroatoms. The van der Waals surface area contributed by atoms with Gasteiger partial charge in [0.2, 0.25) is 20.9 Å². The summed E-state index contributed by atoms with van der Waals surface area (Å²) in [5.41, 5.74) is -1.99. The molecular formula is C27H32ClFN6O7S. The Morgan fingerprint density at radius 1 is 1.09 bits per heavy atom. The molecule has 0 aromatic carbocycles. The normalized spacial score (nSPS) is 14.5. The first-order valence-corrected chi connectivity index (χ1v) is 15.4. The van der Waals surface area contributed by atoms with Gasteiger partial charge in [-0.25, -0.2) is 37.3 Å². The summed E-state index contributed by atoms with van der Waals surface area (Å²) in [4.78, 5) is 45.7. The lowest BCUT2D eigenvalue weighted by molar-refractivity contribution is 0.0428. The molecule has 232 valence electrons. The van der Waals surface area contributed by atoms with E-state index in [9.17, 15) is 18.0 Å². The van der Waals surface area contributed by atoms with E-state index in [1.54, 1.807) is 65.5 Å². The zero-order chi connectivity index (χ0) is 32.1. The van der Waals surface area contributed by atoms with Crippen LogP contribution in [-0.4, -0.2) is 71.1 Å². The number of sulfone groups is 1. The number of carbonyl (C=O) groups excluding carboxylic acids is 2. The highest BCUT2D eigenvalue weighted by atomic mass is 35.5. The molecule has 4 rings (SSSR count). The Balaban J connectivity index is 1.93. The second kappa shape index (κ2) is 11.3. The average molecular weight is 639 g/mol. The van der Waals surface area contributed by atoms with Crippen molar-refractivity contribution >= 4 is 56.2 Å². The number of rotatable bonds is 4. The quantitative estimate of drug-likeness (QED) is 0.271. The molecule has 0 radical (unpaired) electrons. The van der Waals surface area contributed by atoms with E-state index in [0.29, 0.717) is 10.5 Å². The van der Waals surface area contributed by atoms with Crippen LogP contribution in [0.5, 0.6) is 5.88 Å². The molecule has 0 N–H and O–H groups in total. The van der Waals surface area contributed by atoms with Gasteiger partial charge in [-0.2, -0.15) is 9.88 Å². The van der Waals surface area contributed by atoms with Crippen LogP contribution < -0.4 is 14.5 Å². The van der Waals surface area contributed by atoms with Crippen molar-refractivity contribution in [3.63, 3.8) is 0 Å². The minimum Gasteiger partial charge on any atom is -0.475 e. The van der Waals surface area contributed by atoms with E-state index in [1.165, 1.54) is 6.20 Å². The maximum atomic E-state index is 15.2. The Morgan fingerprint density at radius 3 is 2.26 bits per heavy atom. The van der Waals surface area contributed by atoms with Gasteiger partial charge in [-0.3, -0.25) is 0 Å². The third-order valence-electron chi connectivity index (χ3n) is 5.95. The summed E-state index contributed by atoms with van der Waals surface area (Å²) in [6.45, 7) is 11.7. The van der Waals surface area contributed by atoms with Crippen molar-refractivity contribution in [3.05, 3.63) is 34.9 Å². The van der Waals surface area contributed by atoms with Crippen LogP contribution in [0.1, 0.15) is 60.1 Å². The molecule has 1 atom stereocenters. The molecular weight excluding hydrogens is 607 g/mol. The summed E-state index contributed by atoms with van der Waals surface area (Å²) in [6, 6.07) is 2.45. The van der Waals surface area contributed by atoms with E-state index in [0.717, 1.165) is 6.26 Å². The van der Waals surface area contributed by atoms with Gasteiger partial charge in [0.25, 0.3) is 0 Å². The lowest BCUT2D eigenvalue weighted by atomic mass is 10.1. The molecule has 0 saturated carbocycles. The first-order valence-electron chi connectivity index (χ1n) is 13.2. The number of pyridine rings is 2. The summed E-state index contributed by atoms with van der Waals surface area (Å²) < 4.78 is 57.1. The molecule has 0 bridgehead atoms. The first kappa shape index (κ1) is 32.1. The lowest BCUT2D eigenvalue weighted by Crippen LogP contribution is -2.45. The average Bonchev–Trinajstić information content (AvgIpc) is 3.04. The molecule has 0 aliphatic carbocycles. The molecule has 4 heterocycles. The molecule has 13 nitrogen and oxygen atoms in total. The van der Waals surface area contributed by atoms with Crippen molar-refractivity contribution in [1.29, 1.82) is 0 Å². The van der Waals surface area contributed by atoms with Crippen LogP contribution in [0.15, 0.2) is 23.5 Å².